The molecule has 9 heteroatoms. The molecule has 0 spiro atoms. The Labute approximate surface area is 147 Å². The van der Waals surface area contributed by atoms with Crippen molar-refractivity contribution in [2.75, 3.05) is 11.2 Å². The maximum Gasteiger partial charge on any atom is 0.237 e. The monoisotopic (exact) mass is 363 g/mol. The van der Waals surface area contributed by atoms with E-state index in [1.54, 1.807) is 43.3 Å². The molecule has 0 radical (unpaired) electrons. The Balaban J connectivity index is 1.67. The van der Waals surface area contributed by atoms with Gasteiger partial charge in [0.25, 0.3) is 0 Å². The van der Waals surface area contributed by atoms with Gasteiger partial charge >= 0.3 is 0 Å². The van der Waals surface area contributed by atoms with Gasteiger partial charge in [0.05, 0.1) is 11.5 Å². The van der Waals surface area contributed by atoms with Crippen LogP contribution in [0.25, 0.3) is 11.6 Å². The first-order valence-corrected chi connectivity index (χ1v) is 8.28. The third-order valence-corrected chi connectivity index (χ3v) is 4.48. The van der Waals surface area contributed by atoms with Crippen molar-refractivity contribution in [1.29, 1.82) is 0 Å². The Morgan fingerprint density at radius 3 is 2.75 bits per heavy atom. The SMILES string of the molecule is CC(Sc1nnc(-c2ccco2)n1N)C(=O)Nc1ccc(Cl)cc1. The van der Waals surface area contributed by atoms with Crippen LogP contribution in [0.4, 0.5) is 5.69 Å². The van der Waals surface area contributed by atoms with Crippen LogP contribution in [-0.4, -0.2) is 26.0 Å². The van der Waals surface area contributed by atoms with E-state index in [0.29, 0.717) is 27.5 Å². The van der Waals surface area contributed by atoms with Crippen molar-refractivity contribution in [2.45, 2.75) is 17.3 Å². The quantitative estimate of drug-likeness (QED) is 0.534. The fourth-order valence-corrected chi connectivity index (χ4v) is 2.82. The Morgan fingerprint density at radius 2 is 2.08 bits per heavy atom. The number of thioether (sulfide) groups is 1. The number of amides is 1. The van der Waals surface area contributed by atoms with Crippen molar-refractivity contribution in [1.82, 2.24) is 14.9 Å². The zero-order valence-corrected chi connectivity index (χ0v) is 14.2. The van der Waals surface area contributed by atoms with Crippen molar-refractivity contribution in [3.63, 3.8) is 0 Å². The molecule has 1 unspecified atom stereocenters. The van der Waals surface area contributed by atoms with E-state index in [9.17, 15) is 4.79 Å². The number of carbonyl (C=O) groups excluding carboxylic acids is 1. The summed E-state index contributed by atoms with van der Waals surface area (Å²) in [5.41, 5.74) is 0.669. The molecule has 0 aliphatic heterocycles. The molecule has 1 atom stereocenters. The predicted octanol–water partition coefficient (Wildman–Crippen LogP) is 3.02. The fourth-order valence-electron chi connectivity index (χ4n) is 1.92. The van der Waals surface area contributed by atoms with Crippen LogP contribution < -0.4 is 11.2 Å². The standard InChI is InChI=1S/C15H14ClN5O2S/c1-9(14(22)18-11-6-4-10(16)5-7-11)24-15-20-19-13(21(15)17)12-3-2-8-23-12/h2-9H,17H2,1H3,(H,18,22). The number of aromatic nitrogens is 3. The number of carbonyl (C=O) groups is 1. The second kappa shape index (κ2) is 6.98. The molecule has 7 nitrogen and oxygen atoms in total. The molecule has 24 heavy (non-hydrogen) atoms. The Kier molecular flexibility index (Phi) is 4.77. The van der Waals surface area contributed by atoms with E-state index >= 15 is 0 Å². The molecule has 0 aliphatic carbocycles. The highest BCUT2D eigenvalue weighted by Crippen LogP contribution is 2.25. The van der Waals surface area contributed by atoms with Crippen molar-refractivity contribution in [2.24, 2.45) is 0 Å². The molecule has 1 aromatic carbocycles. The minimum atomic E-state index is -0.420. The van der Waals surface area contributed by atoms with Crippen LogP contribution in [0.2, 0.25) is 5.02 Å². The lowest BCUT2D eigenvalue weighted by molar-refractivity contribution is -0.115. The number of nitrogen functional groups attached to an aromatic ring is 1. The van der Waals surface area contributed by atoms with Crippen molar-refractivity contribution >= 4 is 35.0 Å². The summed E-state index contributed by atoms with van der Waals surface area (Å²) in [7, 11) is 0. The Hall–Kier alpha value is -2.45. The van der Waals surface area contributed by atoms with E-state index in [4.69, 9.17) is 21.9 Å². The number of benzene rings is 1. The molecule has 0 bridgehead atoms. The minimum absolute atomic E-state index is 0.176. The highest BCUT2D eigenvalue weighted by Gasteiger charge is 2.20. The van der Waals surface area contributed by atoms with Gasteiger partial charge in [0, 0.05) is 10.7 Å². The van der Waals surface area contributed by atoms with Gasteiger partial charge in [0.2, 0.25) is 16.9 Å². The van der Waals surface area contributed by atoms with Crippen LogP contribution in [0.5, 0.6) is 0 Å². The van der Waals surface area contributed by atoms with Gasteiger partial charge in [-0.2, -0.15) is 0 Å². The zero-order valence-electron chi connectivity index (χ0n) is 12.6. The van der Waals surface area contributed by atoms with Crippen LogP contribution in [0.15, 0.2) is 52.2 Å². The molecule has 124 valence electrons. The number of hydrogen-bond donors (Lipinski definition) is 2. The number of nitrogens with two attached hydrogens (primary N) is 1. The van der Waals surface area contributed by atoms with E-state index in [1.165, 1.54) is 22.7 Å². The molecule has 1 amide bonds. The third-order valence-electron chi connectivity index (χ3n) is 3.17. The molecule has 3 rings (SSSR count). The number of nitrogens with one attached hydrogen (secondary N) is 1. The van der Waals surface area contributed by atoms with Crippen LogP contribution in [0, 0.1) is 0 Å². The number of furan rings is 1. The Morgan fingerprint density at radius 1 is 1.33 bits per heavy atom. The number of anilines is 1. The average molecular weight is 364 g/mol. The molecular weight excluding hydrogens is 350 g/mol. The molecule has 0 saturated carbocycles. The highest BCUT2D eigenvalue weighted by atomic mass is 35.5. The summed E-state index contributed by atoms with van der Waals surface area (Å²) in [6.07, 6.45) is 1.53. The zero-order chi connectivity index (χ0) is 17.1. The summed E-state index contributed by atoms with van der Waals surface area (Å²) >= 11 is 7.03. The number of hydrogen-bond acceptors (Lipinski definition) is 6. The van der Waals surface area contributed by atoms with E-state index in [2.05, 4.69) is 15.5 Å². The number of rotatable bonds is 5. The smallest absolute Gasteiger partial charge is 0.237 e. The molecule has 2 aromatic heterocycles. The van der Waals surface area contributed by atoms with Gasteiger partial charge in [-0.25, -0.2) is 4.68 Å². The number of halogens is 1. The summed E-state index contributed by atoms with van der Waals surface area (Å²) in [6, 6.07) is 10.4. The topological polar surface area (TPSA) is 99.0 Å². The van der Waals surface area contributed by atoms with E-state index in [0.717, 1.165) is 0 Å². The predicted molar refractivity (Wildman–Crippen MR) is 93.3 cm³/mol. The largest absolute Gasteiger partial charge is 0.461 e. The van der Waals surface area contributed by atoms with Gasteiger partial charge < -0.3 is 15.6 Å². The average Bonchev–Trinajstić information content (AvgIpc) is 3.20. The lowest BCUT2D eigenvalue weighted by Gasteiger charge is -2.11. The summed E-state index contributed by atoms with van der Waals surface area (Å²) < 4.78 is 6.55. The lowest BCUT2D eigenvalue weighted by Crippen LogP contribution is -2.23. The number of nitrogens with zero attached hydrogens (tertiary/aromatic N) is 3. The molecule has 3 aromatic rings. The van der Waals surface area contributed by atoms with Crippen LogP contribution in [0.3, 0.4) is 0 Å². The van der Waals surface area contributed by atoms with Crippen LogP contribution in [-0.2, 0) is 4.79 Å². The van der Waals surface area contributed by atoms with Gasteiger partial charge in [-0.15, -0.1) is 10.2 Å². The minimum Gasteiger partial charge on any atom is -0.461 e. The molecule has 0 aliphatic rings. The summed E-state index contributed by atoms with van der Waals surface area (Å²) in [6.45, 7) is 1.76. The molecule has 3 N–H and O–H groups in total. The van der Waals surface area contributed by atoms with Crippen molar-refractivity contribution in [3.8, 4) is 11.6 Å². The Bertz CT molecular complexity index is 832. The molecule has 2 heterocycles. The third kappa shape index (κ3) is 3.55. The highest BCUT2D eigenvalue weighted by molar-refractivity contribution is 8.00. The van der Waals surface area contributed by atoms with Gasteiger partial charge in [0.15, 0.2) is 5.76 Å². The van der Waals surface area contributed by atoms with Gasteiger partial charge in [0.1, 0.15) is 0 Å². The maximum atomic E-state index is 12.3. The van der Waals surface area contributed by atoms with Gasteiger partial charge in [-0.3, -0.25) is 4.79 Å². The first-order chi connectivity index (χ1) is 11.5. The maximum absolute atomic E-state index is 12.3. The lowest BCUT2D eigenvalue weighted by atomic mass is 10.3. The summed E-state index contributed by atoms with van der Waals surface area (Å²) in [5, 5.41) is 11.4. The summed E-state index contributed by atoms with van der Waals surface area (Å²) in [5.74, 6) is 6.71. The first kappa shape index (κ1) is 16.4. The van der Waals surface area contributed by atoms with Gasteiger partial charge in [-0.1, -0.05) is 23.4 Å². The molecular formula is C15H14ClN5O2S. The second-order valence-electron chi connectivity index (χ2n) is 4.91. The van der Waals surface area contributed by atoms with E-state index in [1.807, 2.05) is 0 Å². The van der Waals surface area contributed by atoms with E-state index in [-0.39, 0.29) is 5.91 Å². The van der Waals surface area contributed by atoms with Crippen LogP contribution >= 0.6 is 23.4 Å². The summed E-state index contributed by atoms with van der Waals surface area (Å²) in [4.78, 5) is 12.3. The van der Waals surface area contributed by atoms with E-state index < -0.39 is 5.25 Å². The van der Waals surface area contributed by atoms with Crippen molar-refractivity contribution < 1.29 is 9.21 Å². The van der Waals surface area contributed by atoms with Crippen LogP contribution in [0.1, 0.15) is 6.92 Å². The fraction of sp³-hybridized carbons (Fsp3) is 0.133. The van der Waals surface area contributed by atoms with Gasteiger partial charge in [-0.05, 0) is 43.3 Å². The van der Waals surface area contributed by atoms with Crippen molar-refractivity contribution in [3.05, 3.63) is 47.7 Å². The molecule has 0 saturated heterocycles. The normalized spacial score (nSPS) is 12.1. The molecule has 0 fully saturated rings. The second-order valence-corrected chi connectivity index (χ2v) is 6.65. The first-order valence-electron chi connectivity index (χ1n) is 7.02.